The number of benzene rings is 3. The molecule has 0 saturated carbocycles. The summed E-state index contributed by atoms with van der Waals surface area (Å²) in [5.74, 6) is 0.0113. The van der Waals surface area contributed by atoms with Crippen LogP contribution in [0, 0.1) is 0 Å². The first kappa shape index (κ1) is 23.2. The van der Waals surface area contributed by atoms with Gasteiger partial charge in [-0.2, -0.15) is 0 Å². The molecule has 0 radical (unpaired) electrons. The highest BCUT2D eigenvalue weighted by atomic mass is 32.2. The van der Waals surface area contributed by atoms with Gasteiger partial charge in [-0.1, -0.05) is 42.5 Å². The van der Waals surface area contributed by atoms with Gasteiger partial charge in [-0.05, 0) is 61.2 Å². The van der Waals surface area contributed by atoms with Crippen molar-refractivity contribution in [3.63, 3.8) is 0 Å². The predicted octanol–water partition coefficient (Wildman–Crippen LogP) is 3.95. The van der Waals surface area contributed by atoms with Crippen LogP contribution >= 0.6 is 0 Å². The van der Waals surface area contributed by atoms with Crippen molar-refractivity contribution in [2.75, 3.05) is 28.8 Å². The zero-order valence-corrected chi connectivity index (χ0v) is 20.3. The third kappa shape index (κ3) is 4.98. The summed E-state index contributed by atoms with van der Waals surface area (Å²) in [5.41, 5.74) is 2.60. The van der Waals surface area contributed by atoms with E-state index in [9.17, 15) is 13.2 Å². The van der Waals surface area contributed by atoms with E-state index in [0.717, 1.165) is 18.7 Å². The first-order chi connectivity index (χ1) is 17.0. The molecule has 7 nitrogen and oxygen atoms in total. The van der Waals surface area contributed by atoms with Crippen molar-refractivity contribution < 1.29 is 17.9 Å². The number of carbonyl (C=O) groups excluding carboxylic acids is 1. The molecule has 3 aromatic rings. The molecule has 2 aliphatic heterocycles. The highest BCUT2D eigenvalue weighted by Gasteiger charge is 2.37. The Hall–Kier alpha value is -3.52. The normalized spacial score (nSPS) is 17.9. The number of nitrogens with zero attached hydrogens (tertiary/aromatic N) is 2. The average Bonchev–Trinajstić information content (AvgIpc) is 2.92. The van der Waals surface area contributed by atoms with E-state index < -0.39 is 16.1 Å². The second kappa shape index (κ2) is 10.00. The fourth-order valence-electron chi connectivity index (χ4n) is 4.57. The molecule has 1 amide bonds. The zero-order chi connectivity index (χ0) is 24.3. The Balaban J connectivity index is 1.29. The van der Waals surface area contributed by atoms with Gasteiger partial charge in [0, 0.05) is 25.3 Å². The molecule has 2 aliphatic rings. The van der Waals surface area contributed by atoms with E-state index >= 15 is 0 Å². The third-order valence-electron chi connectivity index (χ3n) is 6.48. The summed E-state index contributed by atoms with van der Waals surface area (Å²) < 4.78 is 34.0. The fraction of sp³-hybridized carbons (Fsp3) is 0.296. The third-order valence-corrected chi connectivity index (χ3v) is 8.28. The van der Waals surface area contributed by atoms with Crippen LogP contribution < -0.4 is 19.3 Å². The predicted molar refractivity (Wildman–Crippen MR) is 136 cm³/mol. The standard InChI is InChI=1S/C27H29N3O4S/c31-27(28-19-21-13-15-22(16-14-21)29-17-7-2-8-18-29)26-20-30(24-11-5-6-12-25(24)34-26)35(32,33)23-9-3-1-4-10-23/h1,3-6,9-16,26H,2,7-8,17-20H2,(H,28,31)/t26-/m1/s1. The zero-order valence-electron chi connectivity index (χ0n) is 19.5. The molecule has 0 aliphatic carbocycles. The summed E-state index contributed by atoms with van der Waals surface area (Å²) in [6.45, 7) is 2.40. The van der Waals surface area contributed by atoms with E-state index in [1.807, 2.05) is 12.1 Å². The number of rotatable bonds is 6. The van der Waals surface area contributed by atoms with E-state index in [1.54, 1.807) is 54.6 Å². The van der Waals surface area contributed by atoms with Crippen LogP contribution in [0.15, 0.2) is 83.8 Å². The number of nitrogens with one attached hydrogen (secondary N) is 1. The van der Waals surface area contributed by atoms with Crippen LogP contribution in [0.3, 0.4) is 0 Å². The van der Waals surface area contributed by atoms with Crippen LogP contribution in [-0.2, 0) is 21.4 Å². The van der Waals surface area contributed by atoms with Crippen LogP contribution in [0.1, 0.15) is 24.8 Å². The molecule has 0 aromatic heterocycles. The number of sulfonamides is 1. The molecule has 0 spiro atoms. The van der Waals surface area contributed by atoms with Crippen molar-refractivity contribution in [2.45, 2.75) is 36.8 Å². The Morgan fingerprint density at radius 3 is 2.31 bits per heavy atom. The van der Waals surface area contributed by atoms with Crippen LogP contribution in [0.2, 0.25) is 0 Å². The lowest BCUT2D eigenvalue weighted by Gasteiger charge is -2.34. The summed E-state index contributed by atoms with van der Waals surface area (Å²) in [6.07, 6.45) is 2.77. The maximum atomic E-state index is 13.4. The van der Waals surface area contributed by atoms with Gasteiger partial charge in [-0.15, -0.1) is 0 Å². The number of ether oxygens (including phenoxy) is 1. The fourth-order valence-corrected chi connectivity index (χ4v) is 6.06. The summed E-state index contributed by atoms with van der Waals surface area (Å²) in [4.78, 5) is 15.6. The van der Waals surface area contributed by atoms with Gasteiger partial charge in [-0.25, -0.2) is 8.42 Å². The van der Waals surface area contributed by atoms with Crippen molar-refractivity contribution in [1.82, 2.24) is 5.32 Å². The molecule has 1 saturated heterocycles. The van der Waals surface area contributed by atoms with Gasteiger partial charge < -0.3 is 15.0 Å². The summed E-state index contributed by atoms with van der Waals surface area (Å²) in [5, 5.41) is 2.91. The molecule has 0 bridgehead atoms. The number of hydrogen-bond donors (Lipinski definition) is 1. The Labute approximate surface area is 206 Å². The molecular weight excluding hydrogens is 462 g/mol. The van der Waals surface area contributed by atoms with E-state index in [4.69, 9.17) is 4.74 Å². The molecule has 1 N–H and O–H groups in total. The number of amides is 1. The topological polar surface area (TPSA) is 79.0 Å². The van der Waals surface area contributed by atoms with Gasteiger partial charge >= 0.3 is 0 Å². The molecule has 182 valence electrons. The SMILES string of the molecule is O=C(NCc1ccc(N2CCCCC2)cc1)[C@H]1CN(S(=O)(=O)c2ccccc2)c2ccccc2O1. The van der Waals surface area contributed by atoms with E-state index in [2.05, 4.69) is 22.3 Å². The number of piperidine rings is 1. The number of hydrogen-bond acceptors (Lipinski definition) is 5. The lowest BCUT2D eigenvalue weighted by atomic mass is 10.1. The summed E-state index contributed by atoms with van der Waals surface area (Å²) in [6, 6.07) is 23.3. The lowest BCUT2D eigenvalue weighted by molar-refractivity contribution is -0.127. The van der Waals surface area contributed by atoms with Gasteiger partial charge in [0.15, 0.2) is 6.10 Å². The largest absolute Gasteiger partial charge is 0.476 e. The molecule has 1 fully saturated rings. The summed E-state index contributed by atoms with van der Waals surface area (Å²) in [7, 11) is -3.86. The average molecular weight is 492 g/mol. The molecule has 35 heavy (non-hydrogen) atoms. The van der Waals surface area contributed by atoms with Gasteiger partial charge in [0.1, 0.15) is 5.75 Å². The molecule has 3 aromatic carbocycles. The minimum absolute atomic E-state index is 0.103. The molecule has 1 atom stereocenters. The minimum atomic E-state index is -3.86. The van der Waals surface area contributed by atoms with Crippen molar-refractivity contribution in [2.24, 2.45) is 0 Å². The van der Waals surface area contributed by atoms with E-state index in [0.29, 0.717) is 18.0 Å². The number of para-hydroxylation sites is 2. The van der Waals surface area contributed by atoms with Crippen LogP contribution in [0.4, 0.5) is 11.4 Å². The van der Waals surface area contributed by atoms with Gasteiger partial charge in [0.25, 0.3) is 15.9 Å². The Morgan fingerprint density at radius 2 is 1.57 bits per heavy atom. The Kier molecular flexibility index (Phi) is 6.63. The van der Waals surface area contributed by atoms with Gasteiger partial charge in [-0.3, -0.25) is 9.10 Å². The van der Waals surface area contributed by atoms with Crippen LogP contribution in [0.5, 0.6) is 5.75 Å². The Morgan fingerprint density at radius 1 is 0.886 bits per heavy atom. The first-order valence-electron chi connectivity index (χ1n) is 12.0. The van der Waals surface area contributed by atoms with Crippen molar-refractivity contribution in [1.29, 1.82) is 0 Å². The van der Waals surface area contributed by atoms with E-state index in [1.165, 1.54) is 29.3 Å². The number of carbonyl (C=O) groups is 1. The number of anilines is 2. The van der Waals surface area contributed by atoms with Gasteiger partial charge in [0.05, 0.1) is 17.1 Å². The first-order valence-corrected chi connectivity index (χ1v) is 13.4. The van der Waals surface area contributed by atoms with Crippen LogP contribution in [0.25, 0.3) is 0 Å². The quantitative estimate of drug-likeness (QED) is 0.565. The lowest BCUT2D eigenvalue weighted by Crippen LogP contribution is -2.50. The summed E-state index contributed by atoms with van der Waals surface area (Å²) >= 11 is 0. The van der Waals surface area contributed by atoms with Crippen molar-refractivity contribution in [3.05, 3.63) is 84.4 Å². The molecule has 2 heterocycles. The number of fused-ring (bicyclic) bond motifs is 1. The van der Waals surface area contributed by atoms with Crippen molar-refractivity contribution in [3.8, 4) is 5.75 Å². The monoisotopic (exact) mass is 491 g/mol. The second-order valence-corrected chi connectivity index (χ2v) is 10.7. The van der Waals surface area contributed by atoms with Gasteiger partial charge in [0.2, 0.25) is 0 Å². The maximum Gasteiger partial charge on any atom is 0.264 e. The second-order valence-electron chi connectivity index (χ2n) is 8.86. The van der Waals surface area contributed by atoms with E-state index in [-0.39, 0.29) is 17.3 Å². The Bertz CT molecular complexity index is 1270. The van der Waals surface area contributed by atoms with Crippen molar-refractivity contribution >= 4 is 27.3 Å². The smallest absolute Gasteiger partial charge is 0.264 e. The minimum Gasteiger partial charge on any atom is -0.476 e. The molecule has 8 heteroatoms. The molecule has 0 unspecified atom stereocenters. The molecule has 5 rings (SSSR count). The highest BCUT2D eigenvalue weighted by Crippen LogP contribution is 2.36. The molecular formula is C27H29N3O4S. The maximum absolute atomic E-state index is 13.4. The van der Waals surface area contributed by atoms with Crippen LogP contribution in [-0.4, -0.2) is 40.1 Å². The highest BCUT2D eigenvalue weighted by molar-refractivity contribution is 7.92.